The lowest BCUT2D eigenvalue weighted by atomic mass is 10.2. The molecule has 0 bridgehead atoms. The van der Waals surface area contributed by atoms with Crippen LogP contribution in [0.3, 0.4) is 0 Å². The Morgan fingerprint density at radius 2 is 1.74 bits per heavy atom. The standard InChI is InChI=1S/C25H34ClN3O4S2.CH2O2/c1-29(24-11-10-23(35-24)22-9-8-21(34-22)7-6-13-27)15-18-33-25(30)28-14-17-32-20-19-31-16-5-3-2-4-12-26;2-1-3/h6-11H,2-5,12,14-20H2,1H3,(H,28,30);1H,(H,2,3)/b7-6-;. The number of unbranched alkanes of at least 4 members (excludes halogenated alkanes) is 3. The molecule has 9 nitrogen and oxygen atoms in total. The topological polar surface area (TPSA) is 121 Å². The highest BCUT2D eigenvalue weighted by Crippen LogP contribution is 2.37. The van der Waals surface area contributed by atoms with E-state index in [9.17, 15) is 4.79 Å². The minimum absolute atomic E-state index is 0.250. The summed E-state index contributed by atoms with van der Waals surface area (Å²) in [5, 5.41) is 19.3. The maximum atomic E-state index is 11.8. The first kappa shape index (κ1) is 33.4. The van der Waals surface area contributed by atoms with Crippen LogP contribution in [0.15, 0.2) is 30.3 Å². The molecule has 0 aliphatic carbocycles. The highest BCUT2D eigenvalue weighted by atomic mass is 35.5. The van der Waals surface area contributed by atoms with Crippen molar-refractivity contribution in [1.29, 1.82) is 5.26 Å². The Morgan fingerprint density at radius 1 is 1.05 bits per heavy atom. The van der Waals surface area contributed by atoms with Crippen LogP contribution >= 0.6 is 34.3 Å². The molecule has 0 aliphatic heterocycles. The van der Waals surface area contributed by atoms with Crippen LogP contribution in [0, 0.1) is 11.3 Å². The first-order valence-corrected chi connectivity index (χ1v) is 14.4. The number of halogens is 1. The number of nitrogens with one attached hydrogen (secondary N) is 1. The number of carbonyl (C=O) groups is 2. The summed E-state index contributed by atoms with van der Waals surface area (Å²) in [5.41, 5.74) is 0. The SMILES string of the molecule is CN(CCOC(=O)NCCOCCOCCCCCCCl)c1ccc(-c2ccc(/C=C\C#N)s2)s1.O=CO. The molecule has 0 aliphatic rings. The maximum absolute atomic E-state index is 11.8. The van der Waals surface area contributed by atoms with Crippen LogP contribution in [0.4, 0.5) is 9.80 Å². The molecule has 0 atom stereocenters. The summed E-state index contributed by atoms with van der Waals surface area (Å²) in [6.07, 6.45) is 7.25. The summed E-state index contributed by atoms with van der Waals surface area (Å²) in [6.45, 7) is 3.26. The van der Waals surface area contributed by atoms with Gasteiger partial charge in [0.15, 0.2) is 0 Å². The van der Waals surface area contributed by atoms with Crippen molar-refractivity contribution >= 4 is 57.9 Å². The number of anilines is 1. The van der Waals surface area contributed by atoms with Crippen LogP contribution in [0.2, 0.25) is 0 Å². The highest BCUT2D eigenvalue weighted by molar-refractivity contribution is 7.24. The second kappa shape index (κ2) is 22.4. The zero-order valence-electron chi connectivity index (χ0n) is 21.6. The van der Waals surface area contributed by atoms with Crippen LogP contribution in [-0.4, -0.2) is 76.7 Å². The van der Waals surface area contributed by atoms with Crippen molar-refractivity contribution in [2.75, 3.05) is 64.0 Å². The van der Waals surface area contributed by atoms with E-state index in [0.717, 1.165) is 52.9 Å². The molecule has 0 saturated carbocycles. The first-order valence-electron chi connectivity index (χ1n) is 12.2. The summed E-state index contributed by atoms with van der Waals surface area (Å²) in [5.74, 6) is 0.728. The van der Waals surface area contributed by atoms with Crippen molar-refractivity contribution in [3.8, 4) is 15.8 Å². The summed E-state index contributed by atoms with van der Waals surface area (Å²) in [7, 11) is 1.97. The van der Waals surface area contributed by atoms with Crippen molar-refractivity contribution in [3.05, 3.63) is 35.2 Å². The number of hydrogen-bond donors (Lipinski definition) is 2. The molecule has 2 aromatic rings. The van der Waals surface area contributed by atoms with Crippen LogP contribution in [0.25, 0.3) is 15.8 Å². The second-order valence-corrected chi connectivity index (χ2v) is 10.3. The normalized spacial score (nSPS) is 10.4. The molecular formula is C26H36ClN3O6S2. The lowest BCUT2D eigenvalue weighted by Gasteiger charge is -2.17. The van der Waals surface area contributed by atoms with E-state index < -0.39 is 6.09 Å². The van der Waals surface area contributed by atoms with Gasteiger partial charge in [-0.2, -0.15) is 5.26 Å². The Hall–Kier alpha value is -2.62. The number of alkyl halides is 1. The quantitative estimate of drug-likeness (QED) is 0.0987. The minimum atomic E-state index is -0.446. The molecule has 1 amide bonds. The average Bonchev–Trinajstić information content (AvgIpc) is 3.58. The van der Waals surface area contributed by atoms with E-state index >= 15 is 0 Å². The molecule has 12 heteroatoms. The number of ether oxygens (including phenoxy) is 3. The molecule has 0 spiro atoms. The Balaban J connectivity index is 0.00000229. The van der Waals surface area contributed by atoms with Crippen LogP contribution in [-0.2, 0) is 19.0 Å². The Kier molecular flexibility index (Phi) is 19.7. The molecule has 38 heavy (non-hydrogen) atoms. The molecular weight excluding hydrogens is 550 g/mol. The Bertz CT molecular complexity index is 976. The van der Waals surface area contributed by atoms with Gasteiger partial charge in [-0.05, 0) is 43.2 Å². The van der Waals surface area contributed by atoms with Crippen LogP contribution in [0.1, 0.15) is 30.6 Å². The van der Waals surface area contributed by atoms with Crippen molar-refractivity contribution in [2.24, 2.45) is 0 Å². The van der Waals surface area contributed by atoms with Crippen LogP contribution < -0.4 is 10.2 Å². The number of rotatable bonds is 18. The van der Waals surface area contributed by atoms with E-state index in [-0.39, 0.29) is 13.1 Å². The van der Waals surface area contributed by atoms with E-state index in [0.29, 0.717) is 32.9 Å². The summed E-state index contributed by atoms with van der Waals surface area (Å²) < 4.78 is 16.2. The number of carboxylic acid groups (broad SMARTS) is 1. The van der Waals surface area contributed by atoms with Gasteiger partial charge in [0.1, 0.15) is 6.61 Å². The molecule has 0 aromatic carbocycles. The Labute approximate surface area is 237 Å². The van der Waals surface area contributed by atoms with Crippen molar-refractivity contribution in [1.82, 2.24) is 5.32 Å². The smallest absolute Gasteiger partial charge is 0.407 e. The van der Waals surface area contributed by atoms with Gasteiger partial charge < -0.3 is 29.5 Å². The molecule has 2 heterocycles. The fraction of sp³-hybridized carbons (Fsp3) is 0.500. The molecule has 210 valence electrons. The number of alkyl carbamates (subject to hydrolysis) is 1. The van der Waals surface area contributed by atoms with E-state index in [1.54, 1.807) is 22.7 Å². The highest BCUT2D eigenvalue weighted by Gasteiger charge is 2.10. The van der Waals surface area contributed by atoms with Gasteiger partial charge in [-0.1, -0.05) is 12.8 Å². The number of likely N-dealkylation sites (N-methyl/N-ethyl adjacent to an activating group) is 1. The molecule has 2 rings (SSSR count). The average molecular weight is 586 g/mol. The summed E-state index contributed by atoms with van der Waals surface area (Å²) >= 11 is 8.97. The number of hydrogen-bond acceptors (Lipinski definition) is 9. The molecule has 0 fully saturated rings. The van der Waals surface area contributed by atoms with E-state index in [4.69, 9.17) is 41.0 Å². The van der Waals surface area contributed by atoms with Gasteiger partial charge in [-0.25, -0.2) is 4.79 Å². The Morgan fingerprint density at radius 3 is 2.47 bits per heavy atom. The van der Waals surface area contributed by atoms with E-state index in [2.05, 4.69) is 28.4 Å². The molecule has 0 unspecified atom stereocenters. The molecule has 0 radical (unpaired) electrons. The van der Waals surface area contributed by atoms with Gasteiger partial charge in [0, 0.05) is 46.8 Å². The molecule has 0 saturated heterocycles. The largest absolute Gasteiger partial charge is 0.483 e. The zero-order valence-corrected chi connectivity index (χ0v) is 24.0. The van der Waals surface area contributed by atoms with Gasteiger partial charge in [-0.3, -0.25) is 4.79 Å². The van der Waals surface area contributed by atoms with Crippen molar-refractivity contribution in [2.45, 2.75) is 25.7 Å². The van der Waals surface area contributed by atoms with Gasteiger partial charge in [0.05, 0.1) is 37.4 Å². The van der Waals surface area contributed by atoms with Crippen LogP contribution in [0.5, 0.6) is 0 Å². The third-order valence-corrected chi connectivity index (χ3v) is 7.59. The zero-order chi connectivity index (χ0) is 27.8. The third-order valence-electron chi connectivity index (χ3n) is 4.88. The minimum Gasteiger partial charge on any atom is -0.483 e. The maximum Gasteiger partial charge on any atom is 0.407 e. The van der Waals surface area contributed by atoms with E-state index in [1.165, 1.54) is 11.0 Å². The number of nitrogens with zero attached hydrogens (tertiary/aromatic N) is 2. The molecule has 2 aromatic heterocycles. The summed E-state index contributed by atoms with van der Waals surface area (Å²) in [6, 6.07) is 10.2. The monoisotopic (exact) mass is 585 g/mol. The number of carbonyl (C=O) groups excluding carboxylic acids is 1. The number of amides is 1. The van der Waals surface area contributed by atoms with Gasteiger partial charge in [0.2, 0.25) is 0 Å². The number of thiophene rings is 2. The lowest BCUT2D eigenvalue weighted by Crippen LogP contribution is -2.31. The van der Waals surface area contributed by atoms with Gasteiger partial charge in [-0.15, -0.1) is 34.3 Å². The predicted octanol–water partition coefficient (Wildman–Crippen LogP) is 5.71. The lowest BCUT2D eigenvalue weighted by molar-refractivity contribution is -0.122. The summed E-state index contributed by atoms with van der Waals surface area (Å²) in [4.78, 5) is 25.6. The number of allylic oxidation sites excluding steroid dienone is 1. The fourth-order valence-electron chi connectivity index (χ4n) is 3.00. The molecule has 2 N–H and O–H groups in total. The third kappa shape index (κ3) is 15.6. The predicted molar refractivity (Wildman–Crippen MR) is 154 cm³/mol. The van der Waals surface area contributed by atoms with Crippen molar-refractivity contribution < 1.29 is 28.9 Å². The van der Waals surface area contributed by atoms with Gasteiger partial charge >= 0.3 is 6.09 Å². The van der Waals surface area contributed by atoms with Gasteiger partial charge in [0.25, 0.3) is 6.47 Å². The first-order chi connectivity index (χ1) is 18.5. The second-order valence-electron chi connectivity index (χ2n) is 7.72. The number of nitriles is 1. The van der Waals surface area contributed by atoms with E-state index in [1.807, 2.05) is 25.3 Å². The van der Waals surface area contributed by atoms with Crippen molar-refractivity contribution in [3.63, 3.8) is 0 Å². The fourth-order valence-corrected chi connectivity index (χ4v) is 5.18.